The topological polar surface area (TPSA) is 58.4 Å². The summed E-state index contributed by atoms with van der Waals surface area (Å²) in [4.78, 5) is 13.3. The van der Waals surface area contributed by atoms with Crippen LogP contribution in [-0.2, 0) is 4.79 Å². The molecule has 0 saturated heterocycles. The summed E-state index contributed by atoms with van der Waals surface area (Å²) in [5, 5.41) is 3.08. The van der Waals surface area contributed by atoms with Crippen LogP contribution in [0.4, 0.5) is 5.69 Å². The van der Waals surface area contributed by atoms with Crippen LogP contribution in [0.25, 0.3) is 0 Å². The van der Waals surface area contributed by atoms with Crippen LogP contribution in [0.3, 0.4) is 0 Å². The van der Waals surface area contributed by atoms with E-state index >= 15 is 0 Å². The van der Waals surface area contributed by atoms with Crippen LogP contribution in [0.15, 0.2) is 24.3 Å². The first-order valence-electron chi connectivity index (χ1n) is 5.85. The lowest BCUT2D eigenvalue weighted by molar-refractivity contribution is -0.119. The highest BCUT2D eigenvalue weighted by atomic mass is 16.1. The van der Waals surface area contributed by atoms with Crippen molar-refractivity contribution in [2.24, 2.45) is 5.73 Å². The Morgan fingerprint density at radius 3 is 2.76 bits per heavy atom. The average Bonchev–Trinajstić information content (AvgIpc) is 2.28. The maximum Gasteiger partial charge on any atom is 0.236 e. The van der Waals surface area contributed by atoms with Gasteiger partial charge in [-0.05, 0) is 31.2 Å². The number of anilines is 1. The van der Waals surface area contributed by atoms with Gasteiger partial charge in [-0.2, -0.15) is 0 Å². The van der Waals surface area contributed by atoms with Crippen molar-refractivity contribution in [3.8, 4) is 0 Å². The van der Waals surface area contributed by atoms with Gasteiger partial charge in [-0.1, -0.05) is 19.1 Å². The fourth-order valence-electron chi connectivity index (χ4n) is 1.75. The minimum Gasteiger partial charge on any atom is -0.372 e. The van der Waals surface area contributed by atoms with E-state index in [9.17, 15) is 4.79 Å². The van der Waals surface area contributed by atoms with Gasteiger partial charge in [0.25, 0.3) is 0 Å². The summed E-state index contributed by atoms with van der Waals surface area (Å²) in [7, 11) is 1.96. The first-order valence-corrected chi connectivity index (χ1v) is 5.85. The molecule has 1 atom stereocenters. The van der Waals surface area contributed by atoms with Crippen LogP contribution in [0.2, 0.25) is 0 Å². The van der Waals surface area contributed by atoms with Crippen molar-refractivity contribution < 1.29 is 4.79 Å². The van der Waals surface area contributed by atoms with Gasteiger partial charge in [0.1, 0.15) is 6.04 Å². The van der Waals surface area contributed by atoms with Crippen molar-refractivity contribution in [3.63, 3.8) is 0 Å². The highest BCUT2D eigenvalue weighted by molar-refractivity contribution is 5.80. The molecular formula is C13H21N3O. The molecular weight excluding hydrogens is 214 g/mol. The molecule has 0 aliphatic rings. The Balaban J connectivity index is 2.69. The molecule has 0 aliphatic heterocycles. The Labute approximate surface area is 103 Å². The molecule has 1 unspecified atom stereocenters. The van der Waals surface area contributed by atoms with Crippen molar-refractivity contribution in [2.45, 2.75) is 19.9 Å². The van der Waals surface area contributed by atoms with E-state index in [0.717, 1.165) is 12.2 Å². The normalized spacial score (nSPS) is 12.2. The molecule has 4 heteroatoms. The number of nitrogens with two attached hydrogens (primary N) is 1. The number of rotatable bonds is 6. The number of hydrogen-bond donors (Lipinski definition) is 2. The first kappa shape index (κ1) is 13.5. The van der Waals surface area contributed by atoms with Gasteiger partial charge in [-0.25, -0.2) is 0 Å². The third kappa shape index (κ3) is 4.07. The number of aryl methyl sites for hydroxylation is 1. The zero-order valence-corrected chi connectivity index (χ0v) is 10.7. The lowest BCUT2D eigenvalue weighted by Gasteiger charge is -2.24. The van der Waals surface area contributed by atoms with Gasteiger partial charge in [0, 0.05) is 19.3 Å². The number of carbonyl (C=O) groups excluding carboxylic acids is 1. The molecule has 0 saturated carbocycles. The molecule has 0 fully saturated rings. The Morgan fingerprint density at radius 2 is 2.24 bits per heavy atom. The van der Waals surface area contributed by atoms with Gasteiger partial charge >= 0.3 is 0 Å². The number of carbonyl (C=O) groups is 1. The average molecular weight is 235 g/mol. The van der Waals surface area contributed by atoms with Crippen LogP contribution in [0, 0.1) is 6.92 Å². The number of benzene rings is 1. The van der Waals surface area contributed by atoms with Gasteiger partial charge in [-0.3, -0.25) is 4.79 Å². The Morgan fingerprint density at radius 1 is 1.53 bits per heavy atom. The van der Waals surface area contributed by atoms with E-state index in [-0.39, 0.29) is 11.9 Å². The summed E-state index contributed by atoms with van der Waals surface area (Å²) in [6.07, 6.45) is 0. The second-order valence-corrected chi connectivity index (χ2v) is 4.23. The summed E-state index contributed by atoms with van der Waals surface area (Å²) in [6.45, 7) is 5.32. The fraction of sp³-hybridized carbons (Fsp3) is 0.462. The predicted octanol–water partition coefficient (Wildman–Crippen LogP) is 0.895. The van der Waals surface area contributed by atoms with Crippen LogP contribution in [-0.4, -0.2) is 32.1 Å². The van der Waals surface area contributed by atoms with Crippen LogP contribution >= 0.6 is 0 Å². The van der Waals surface area contributed by atoms with E-state index in [1.165, 1.54) is 5.56 Å². The molecule has 4 nitrogen and oxygen atoms in total. The standard InChI is InChI=1S/C13H21N3O/c1-4-15-12(13(14)17)9-16(3)11-7-5-6-10(2)8-11/h5-8,12,15H,4,9H2,1-3H3,(H2,14,17). The molecule has 94 valence electrons. The van der Waals surface area contributed by atoms with Gasteiger partial charge < -0.3 is 16.0 Å². The molecule has 1 aromatic rings. The molecule has 3 N–H and O–H groups in total. The van der Waals surface area contributed by atoms with E-state index in [2.05, 4.69) is 11.4 Å². The molecule has 1 amide bonds. The van der Waals surface area contributed by atoms with E-state index < -0.39 is 0 Å². The van der Waals surface area contributed by atoms with Gasteiger partial charge in [0.05, 0.1) is 0 Å². The van der Waals surface area contributed by atoms with Crippen molar-refractivity contribution in [1.82, 2.24) is 5.32 Å². The molecule has 17 heavy (non-hydrogen) atoms. The molecule has 0 heterocycles. The fourth-order valence-corrected chi connectivity index (χ4v) is 1.75. The molecule has 0 aliphatic carbocycles. The van der Waals surface area contributed by atoms with Crippen molar-refractivity contribution in [3.05, 3.63) is 29.8 Å². The number of primary amides is 1. The first-order chi connectivity index (χ1) is 8.04. The van der Waals surface area contributed by atoms with Crippen LogP contribution < -0.4 is 16.0 Å². The number of likely N-dealkylation sites (N-methyl/N-ethyl adjacent to an activating group) is 2. The lowest BCUT2D eigenvalue weighted by Crippen LogP contribution is -2.48. The second-order valence-electron chi connectivity index (χ2n) is 4.23. The zero-order chi connectivity index (χ0) is 12.8. The van der Waals surface area contributed by atoms with Crippen LogP contribution in [0.1, 0.15) is 12.5 Å². The van der Waals surface area contributed by atoms with Crippen molar-refractivity contribution in [1.29, 1.82) is 0 Å². The minimum atomic E-state index is -0.314. The zero-order valence-electron chi connectivity index (χ0n) is 10.7. The summed E-state index contributed by atoms with van der Waals surface area (Å²) >= 11 is 0. The van der Waals surface area contributed by atoms with Crippen molar-refractivity contribution in [2.75, 3.05) is 25.0 Å². The Kier molecular flexibility index (Phi) is 4.97. The third-order valence-electron chi connectivity index (χ3n) is 2.69. The van der Waals surface area contributed by atoms with E-state index in [1.54, 1.807) is 0 Å². The molecule has 0 bridgehead atoms. The van der Waals surface area contributed by atoms with E-state index in [4.69, 9.17) is 5.73 Å². The van der Waals surface area contributed by atoms with Crippen molar-refractivity contribution >= 4 is 11.6 Å². The SMILES string of the molecule is CCNC(CN(C)c1cccc(C)c1)C(N)=O. The number of nitrogens with zero attached hydrogens (tertiary/aromatic N) is 1. The molecule has 0 aromatic heterocycles. The smallest absolute Gasteiger partial charge is 0.236 e. The number of amides is 1. The van der Waals surface area contributed by atoms with Gasteiger partial charge in [-0.15, -0.1) is 0 Å². The maximum atomic E-state index is 11.3. The Bertz CT molecular complexity index is 379. The second kappa shape index (κ2) is 6.25. The predicted molar refractivity (Wildman–Crippen MR) is 71.1 cm³/mol. The molecule has 0 radical (unpaired) electrons. The third-order valence-corrected chi connectivity index (χ3v) is 2.69. The van der Waals surface area contributed by atoms with Gasteiger partial charge in [0.2, 0.25) is 5.91 Å². The monoisotopic (exact) mass is 235 g/mol. The number of hydrogen-bond acceptors (Lipinski definition) is 3. The van der Waals surface area contributed by atoms with Crippen LogP contribution in [0.5, 0.6) is 0 Å². The summed E-state index contributed by atoms with van der Waals surface area (Å²) in [6, 6.07) is 7.85. The molecule has 1 aromatic carbocycles. The summed E-state index contributed by atoms with van der Waals surface area (Å²) in [5.41, 5.74) is 7.65. The summed E-state index contributed by atoms with van der Waals surface area (Å²) < 4.78 is 0. The minimum absolute atomic E-state index is 0.314. The van der Waals surface area contributed by atoms with Gasteiger partial charge in [0.15, 0.2) is 0 Å². The number of nitrogens with one attached hydrogen (secondary N) is 1. The summed E-state index contributed by atoms with van der Waals surface area (Å²) in [5.74, 6) is -0.314. The maximum absolute atomic E-state index is 11.3. The molecule has 0 spiro atoms. The highest BCUT2D eigenvalue weighted by Crippen LogP contribution is 2.14. The highest BCUT2D eigenvalue weighted by Gasteiger charge is 2.16. The van der Waals surface area contributed by atoms with E-state index in [1.807, 2.05) is 44.0 Å². The lowest BCUT2D eigenvalue weighted by atomic mass is 10.2. The Hall–Kier alpha value is -1.55. The van der Waals surface area contributed by atoms with E-state index in [0.29, 0.717) is 6.54 Å². The largest absolute Gasteiger partial charge is 0.372 e. The quantitative estimate of drug-likeness (QED) is 0.770. The molecule has 1 rings (SSSR count).